The van der Waals surface area contributed by atoms with Crippen LogP contribution < -0.4 is 16.4 Å². The summed E-state index contributed by atoms with van der Waals surface area (Å²) in [4.78, 5) is 28.7. The Morgan fingerprint density at radius 3 is 2.86 bits per heavy atom. The number of nitrogens with two attached hydrogens (primary N) is 1. The van der Waals surface area contributed by atoms with E-state index in [0.717, 1.165) is 31.6 Å². The highest BCUT2D eigenvalue weighted by Gasteiger charge is 2.23. The van der Waals surface area contributed by atoms with Crippen LogP contribution in [-0.4, -0.2) is 47.4 Å². The molecule has 1 aliphatic rings. The average molecular weight is 311 g/mol. The largest absolute Gasteiger partial charge is 0.369 e. The molecule has 0 aromatic carbocycles. The Balaban J connectivity index is 2.01. The monoisotopic (exact) mass is 311 g/mol. The van der Waals surface area contributed by atoms with Gasteiger partial charge in [-0.05, 0) is 25.9 Å². The van der Waals surface area contributed by atoms with Crippen molar-refractivity contribution < 1.29 is 9.59 Å². The molecule has 0 radical (unpaired) electrons. The molecule has 0 unspecified atom stereocenters. The summed E-state index contributed by atoms with van der Waals surface area (Å²) in [6.07, 6.45) is 1.99. The lowest BCUT2D eigenvalue weighted by Crippen LogP contribution is -2.46. The summed E-state index contributed by atoms with van der Waals surface area (Å²) in [6.45, 7) is 4.17. The fourth-order valence-corrected chi connectivity index (χ4v) is 3.23. The van der Waals surface area contributed by atoms with Gasteiger partial charge in [-0.15, -0.1) is 11.3 Å². The molecule has 21 heavy (non-hydrogen) atoms. The summed E-state index contributed by atoms with van der Waals surface area (Å²) in [7, 11) is 0. The summed E-state index contributed by atoms with van der Waals surface area (Å²) < 4.78 is 0. The van der Waals surface area contributed by atoms with Crippen molar-refractivity contribution in [3.8, 4) is 0 Å². The molecule has 0 atom stereocenters. The lowest BCUT2D eigenvalue weighted by atomic mass is 10.0. The van der Waals surface area contributed by atoms with Crippen molar-refractivity contribution in [3.63, 3.8) is 0 Å². The second-order valence-corrected chi connectivity index (χ2v) is 6.04. The van der Waals surface area contributed by atoms with Gasteiger partial charge in [-0.25, -0.2) is 4.98 Å². The molecule has 7 nitrogen and oxygen atoms in total. The molecular weight excluding hydrogens is 290 g/mol. The van der Waals surface area contributed by atoms with E-state index < -0.39 is 0 Å². The van der Waals surface area contributed by atoms with Crippen LogP contribution in [0.1, 0.15) is 25.5 Å². The molecular formula is C13H21N5O2S. The van der Waals surface area contributed by atoms with Gasteiger partial charge in [-0.3, -0.25) is 14.5 Å². The first-order chi connectivity index (χ1) is 10.0. The van der Waals surface area contributed by atoms with E-state index in [1.54, 1.807) is 0 Å². The molecule has 1 fully saturated rings. The Bertz CT molecular complexity index is 499. The lowest BCUT2D eigenvalue weighted by molar-refractivity contribution is -0.120. The molecule has 8 heteroatoms. The van der Waals surface area contributed by atoms with Crippen molar-refractivity contribution in [3.05, 3.63) is 11.1 Å². The first-order valence-electron chi connectivity index (χ1n) is 6.99. The van der Waals surface area contributed by atoms with E-state index in [1.807, 2.05) is 5.38 Å². The zero-order valence-electron chi connectivity index (χ0n) is 12.1. The molecule has 116 valence electrons. The second kappa shape index (κ2) is 7.48. The summed E-state index contributed by atoms with van der Waals surface area (Å²) in [5.41, 5.74) is 6.20. The molecule has 1 aromatic heterocycles. The number of anilines is 1. The minimum absolute atomic E-state index is 0.136. The smallest absolute Gasteiger partial charge is 0.231 e. The Morgan fingerprint density at radius 2 is 2.24 bits per heavy atom. The minimum Gasteiger partial charge on any atom is -0.369 e. The third kappa shape index (κ3) is 5.07. The zero-order chi connectivity index (χ0) is 15.2. The molecule has 4 N–H and O–H groups in total. The number of hydrogen-bond donors (Lipinski definition) is 3. The third-order valence-electron chi connectivity index (χ3n) is 3.38. The summed E-state index contributed by atoms with van der Waals surface area (Å²) in [6, 6.07) is 0.338. The molecule has 0 aliphatic carbocycles. The first kappa shape index (κ1) is 15.9. The van der Waals surface area contributed by atoms with Gasteiger partial charge in [-0.1, -0.05) is 0 Å². The highest BCUT2D eigenvalue weighted by Crippen LogP contribution is 2.19. The Morgan fingerprint density at radius 1 is 1.52 bits per heavy atom. The van der Waals surface area contributed by atoms with Gasteiger partial charge in [0.05, 0.1) is 12.2 Å². The van der Waals surface area contributed by atoms with E-state index in [-0.39, 0.29) is 18.4 Å². The van der Waals surface area contributed by atoms with Crippen LogP contribution in [0.25, 0.3) is 0 Å². The molecule has 1 aromatic rings. The number of amides is 2. The van der Waals surface area contributed by atoms with E-state index in [1.165, 1.54) is 18.3 Å². The molecule has 0 saturated carbocycles. The predicted molar refractivity (Wildman–Crippen MR) is 81.9 cm³/mol. The minimum atomic E-state index is -0.328. The molecule has 1 aliphatic heterocycles. The van der Waals surface area contributed by atoms with Gasteiger partial charge in [0.1, 0.15) is 0 Å². The van der Waals surface area contributed by atoms with Crippen molar-refractivity contribution in [2.75, 3.05) is 25.0 Å². The Kier molecular flexibility index (Phi) is 5.66. The normalized spacial score (nSPS) is 16.1. The first-order valence-corrected chi connectivity index (χ1v) is 7.87. The average Bonchev–Trinajstić information content (AvgIpc) is 2.85. The number of hydrogen-bond acceptors (Lipinski definition) is 6. The van der Waals surface area contributed by atoms with Crippen LogP contribution in [-0.2, 0) is 16.1 Å². The van der Waals surface area contributed by atoms with Crippen LogP contribution in [0.15, 0.2) is 5.38 Å². The van der Waals surface area contributed by atoms with E-state index in [9.17, 15) is 9.59 Å². The van der Waals surface area contributed by atoms with Gasteiger partial charge < -0.3 is 16.4 Å². The SMILES string of the molecule is CC(=O)Nc1nc(CN(CC(N)=O)C2CCNCC2)cs1. The highest BCUT2D eigenvalue weighted by atomic mass is 32.1. The van der Waals surface area contributed by atoms with Crippen molar-refractivity contribution >= 4 is 28.3 Å². The Labute approximate surface area is 127 Å². The number of aromatic nitrogens is 1. The fraction of sp³-hybridized carbons (Fsp3) is 0.615. The standard InChI is InChI=1S/C13H21N5O2S/c1-9(19)16-13-17-10(8-21-13)6-18(7-12(14)20)11-2-4-15-5-3-11/h8,11,15H,2-7H2,1H3,(H2,14,20)(H,16,17,19). The van der Waals surface area contributed by atoms with Crippen molar-refractivity contribution in [2.24, 2.45) is 5.73 Å². The van der Waals surface area contributed by atoms with E-state index >= 15 is 0 Å². The van der Waals surface area contributed by atoms with Gasteiger partial charge in [0.25, 0.3) is 0 Å². The predicted octanol–water partition coefficient (Wildman–Crippen LogP) is 0.141. The van der Waals surface area contributed by atoms with Gasteiger partial charge >= 0.3 is 0 Å². The van der Waals surface area contributed by atoms with Crippen LogP contribution in [0, 0.1) is 0 Å². The van der Waals surface area contributed by atoms with E-state index in [2.05, 4.69) is 20.5 Å². The molecule has 0 spiro atoms. The molecule has 2 heterocycles. The van der Waals surface area contributed by atoms with E-state index in [0.29, 0.717) is 17.7 Å². The fourth-order valence-electron chi connectivity index (χ4n) is 2.48. The second-order valence-electron chi connectivity index (χ2n) is 5.18. The number of nitrogens with one attached hydrogen (secondary N) is 2. The Hall–Kier alpha value is -1.51. The van der Waals surface area contributed by atoms with Crippen LogP contribution in [0.5, 0.6) is 0 Å². The zero-order valence-corrected chi connectivity index (χ0v) is 12.9. The summed E-state index contributed by atoms with van der Waals surface area (Å²) in [5, 5.41) is 8.46. The topological polar surface area (TPSA) is 100 Å². The third-order valence-corrected chi connectivity index (χ3v) is 4.19. The van der Waals surface area contributed by atoms with Gasteiger partial charge in [-0.2, -0.15) is 0 Å². The van der Waals surface area contributed by atoms with Crippen molar-refractivity contribution in [1.82, 2.24) is 15.2 Å². The van der Waals surface area contributed by atoms with Crippen molar-refractivity contribution in [1.29, 1.82) is 0 Å². The van der Waals surface area contributed by atoms with Crippen molar-refractivity contribution in [2.45, 2.75) is 32.4 Å². The van der Waals surface area contributed by atoms with Crippen LogP contribution in [0.3, 0.4) is 0 Å². The highest BCUT2D eigenvalue weighted by molar-refractivity contribution is 7.13. The number of piperidine rings is 1. The number of carbonyl (C=O) groups is 2. The molecule has 1 saturated heterocycles. The maximum absolute atomic E-state index is 11.3. The number of rotatable bonds is 6. The maximum Gasteiger partial charge on any atom is 0.231 e. The number of nitrogens with zero attached hydrogens (tertiary/aromatic N) is 2. The van der Waals surface area contributed by atoms with E-state index in [4.69, 9.17) is 5.73 Å². The quantitative estimate of drug-likeness (QED) is 0.694. The molecule has 0 bridgehead atoms. The number of carbonyl (C=O) groups excluding carboxylic acids is 2. The van der Waals surface area contributed by atoms with Crippen LogP contribution >= 0.6 is 11.3 Å². The van der Waals surface area contributed by atoms with Crippen LogP contribution in [0.4, 0.5) is 5.13 Å². The van der Waals surface area contributed by atoms with Crippen LogP contribution in [0.2, 0.25) is 0 Å². The number of thiazole rings is 1. The summed E-state index contributed by atoms with van der Waals surface area (Å²) in [5.74, 6) is -0.464. The number of primary amides is 1. The van der Waals surface area contributed by atoms with Gasteiger partial charge in [0.2, 0.25) is 11.8 Å². The molecule has 2 amide bonds. The maximum atomic E-state index is 11.3. The van der Waals surface area contributed by atoms with Gasteiger partial charge in [0, 0.05) is 24.9 Å². The van der Waals surface area contributed by atoms with Gasteiger partial charge in [0.15, 0.2) is 5.13 Å². The molecule has 2 rings (SSSR count). The lowest BCUT2D eigenvalue weighted by Gasteiger charge is -2.33. The summed E-state index contributed by atoms with van der Waals surface area (Å²) >= 11 is 1.39.